The molecule has 0 aromatic heterocycles. The van der Waals surface area contributed by atoms with Gasteiger partial charge in [0, 0.05) is 18.3 Å². The largest absolute Gasteiger partial charge is 0.387 e. The van der Waals surface area contributed by atoms with Crippen LogP contribution in [0.3, 0.4) is 0 Å². The highest BCUT2D eigenvalue weighted by Gasteiger charge is 2.19. The maximum atomic E-state index is 11.9. The number of rotatable bonds is 5. The Morgan fingerprint density at radius 1 is 1.30 bits per heavy atom. The maximum Gasteiger partial charge on any atom is 0.158 e. The fourth-order valence-corrected chi connectivity index (χ4v) is 2.36. The van der Waals surface area contributed by atoms with Crippen LogP contribution in [-0.4, -0.2) is 17.9 Å². The van der Waals surface area contributed by atoms with Gasteiger partial charge in [0.25, 0.3) is 0 Å². The smallest absolute Gasteiger partial charge is 0.158 e. The van der Waals surface area contributed by atoms with Crippen molar-refractivity contribution in [1.82, 2.24) is 5.32 Å². The molecule has 0 atom stereocenters. The molecule has 0 bridgehead atoms. The van der Waals surface area contributed by atoms with Gasteiger partial charge in [0.15, 0.2) is 5.78 Å². The summed E-state index contributed by atoms with van der Waals surface area (Å²) < 4.78 is 0. The van der Waals surface area contributed by atoms with Crippen molar-refractivity contribution in [1.29, 1.82) is 0 Å². The van der Waals surface area contributed by atoms with E-state index in [0.717, 1.165) is 22.4 Å². The molecule has 0 fully saturated rings. The van der Waals surface area contributed by atoms with Gasteiger partial charge in [0.2, 0.25) is 0 Å². The van der Waals surface area contributed by atoms with E-state index in [0.29, 0.717) is 0 Å². The first-order valence-corrected chi connectivity index (χ1v) is 6.94. The molecular weight excluding hydrogens is 250 g/mol. The van der Waals surface area contributed by atoms with Crippen LogP contribution in [0.1, 0.15) is 45.7 Å². The van der Waals surface area contributed by atoms with Crippen LogP contribution < -0.4 is 5.32 Å². The normalized spacial score (nSPS) is 13.2. The van der Waals surface area contributed by atoms with Crippen LogP contribution in [0.2, 0.25) is 0 Å². The third kappa shape index (κ3) is 3.70. The molecule has 1 aromatic carbocycles. The van der Waals surface area contributed by atoms with E-state index in [-0.39, 0.29) is 11.7 Å². The number of aliphatic hydroxyl groups is 1. The molecule has 110 valence electrons. The molecule has 0 aliphatic carbocycles. The van der Waals surface area contributed by atoms with E-state index in [1.165, 1.54) is 0 Å². The van der Waals surface area contributed by atoms with Crippen molar-refractivity contribution in [3.8, 4) is 0 Å². The highest BCUT2D eigenvalue weighted by molar-refractivity contribution is 6.01. The summed E-state index contributed by atoms with van der Waals surface area (Å²) >= 11 is 0. The van der Waals surface area contributed by atoms with Crippen molar-refractivity contribution < 1.29 is 9.90 Å². The number of allylic oxidation sites excluding steroid dienone is 1. The van der Waals surface area contributed by atoms with Crippen LogP contribution in [0, 0.1) is 5.92 Å². The molecule has 1 aromatic rings. The third-order valence-corrected chi connectivity index (χ3v) is 3.33. The summed E-state index contributed by atoms with van der Waals surface area (Å²) in [6.45, 7) is 9.11. The summed E-state index contributed by atoms with van der Waals surface area (Å²) in [7, 11) is 1.82. The second kappa shape index (κ2) is 6.23. The van der Waals surface area contributed by atoms with E-state index in [1.54, 1.807) is 20.8 Å². The Kier molecular flexibility index (Phi) is 5.12. The number of ketones is 1. The van der Waals surface area contributed by atoms with Gasteiger partial charge >= 0.3 is 0 Å². The fraction of sp³-hybridized carbons (Fsp3) is 0.471. The van der Waals surface area contributed by atoms with Gasteiger partial charge in [-0.3, -0.25) is 4.79 Å². The lowest BCUT2D eigenvalue weighted by atomic mass is 9.91. The van der Waals surface area contributed by atoms with E-state index in [4.69, 9.17) is 0 Å². The molecule has 0 radical (unpaired) electrons. The highest BCUT2D eigenvalue weighted by Crippen LogP contribution is 2.26. The first-order chi connectivity index (χ1) is 9.18. The Labute approximate surface area is 121 Å². The lowest BCUT2D eigenvalue weighted by molar-refractivity contribution is -0.114. The molecule has 0 spiro atoms. The standard InChI is InChI=1S/C17H25NO2/c1-11(2)15(12(3)19)16(18-6)13-8-7-9-14(10-13)17(4,5)20/h7-11,18,20H,1-6H3/b16-15-. The summed E-state index contributed by atoms with van der Waals surface area (Å²) in [6.07, 6.45) is 0. The van der Waals surface area contributed by atoms with Crippen LogP contribution in [0.5, 0.6) is 0 Å². The average Bonchev–Trinajstić information content (AvgIpc) is 2.33. The lowest BCUT2D eigenvalue weighted by Gasteiger charge is -2.21. The molecule has 0 amide bonds. The van der Waals surface area contributed by atoms with Gasteiger partial charge in [0.05, 0.1) is 5.60 Å². The summed E-state index contributed by atoms with van der Waals surface area (Å²) in [4.78, 5) is 11.9. The molecule has 2 N–H and O–H groups in total. The van der Waals surface area contributed by atoms with E-state index < -0.39 is 5.60 Å². The molecule has 20 heavy (non-hydrogen) atoms. The Morgan fingerprint density at radius 3 is 2.30 bits per heavy atom. The highest BCUT2D eigenvalue weighted by atomic mass is 16.3. The van der Waals surface area contributed by atoms with Crippen molar-refractivity contribution in [3.05, 3.63) is 41.0 Å². The van der Waals surface area contributed by atoms with Crippen LogP contribution in [0.4, 0.5) is 0 Å². The summed E-state index contributed by atoms with van der Waals surface area (Å²) in [5, 5.41) is 13.3. The van der Waals surface area contributed by atoms with Gasteiger partial charge in [-0.25, -0.2) is 0 Å². The summed E-state index contributed by atoms with van der Waals surface area (Å²) in [5.74, 6) is 0.207. The van der Waals surface area contributed by atoms with Gasteiger partial charge < -0.3 is 10.4 Å². The minimum Gasteiger partial charge on any atom is -0.387 e. The van der Waals surface area contributed by atoms with Gasteiger partial charge in [-0.2, -0.15) is 0 Å². The predicted molar refractivity (Wildman–Crippen MR) is 83.2 cm³/mol. The summed E-state index contributed by atoms with van der Waals surface area (Å²) in [5.41, 5.74) is 2.46. The number of hydrogen-bond acceptors (Lipinski definition) is 3. The van der Waals surface area contributed by atoms with Gasteiger partial charge in [-0.05, 0) is 43.9 Å². The third-order valence-electron chi connectivity index (χ3n) is 3.33. The molecule has 0 saturated heterocycles. The Bertz CT molecular complexity index is 522. The lowest BCUT2D eigenvalue weighted by Crippen LogP contribution is -2.18. The van der Waals surface area contributed by atoms with Crippen molar-refractivity contribution in [2.75, 3.05) is 7.05 Å². The number of carbonyl (C=O) groups is 1. The van der Waals surface area contributed by atoms with Crippen LogP contribution in [-0.2, 0) is 10.4 Å². The molecule has 1 rings (SSSR count). The molecule has 0 saturated carbocycles. The monoisotopic (exact) mass is 275 g/mol. The fourth-order valence-electron chi connectivity index (χ4n) is 2.36. The van der Waals surface area contributed by atoms with Crippen molar-refractivity contribution in [2.45, 2.75) is 40.2 Å². The average molecular weight is 275 g/mol. The van der Waals surface area contributed by atoms with Crippen LogP contribution in [0.15, 0.2) is 29.8 Å². The molecule has 3 heteroatoms. The van der Waals surface area contributed by atoms with Gasteiger partial charge in [0.1, 0.15) is 0 Å². The number of Topliss-reactive ketones (excluding diaryl/α,β-unsaturated/α-hetero) is 1. The minimum absolute atomic E-state index is 0.0676. The van der Waals surface area contributed by atoms with E-state index in [1.807, 2.05) is 45.2 Å². The number of carbonyl (C=O) groups excluding carboxylic acids is 1. The Hall–Kier alpha value is -1.61. The van der Waals surface area contributed by atoms with Crippen molar-refractivity contribution in [3.63, 3.8) is 0 Å². The zero-order valence-corrected chi connectivity index (χ0v) is 13.2. The quantitative estimate of drug-likeness (QED) is 0.812. The van der Waals surface area contributed by atoms with Gasteiger partial charge in [-0.1, -0.05) is 32.0 Å². The van der Waals surface area contributed by atoms with E-state index in [2.05, 4.69) is 5.32 Å². The zero-order chi connectivity index (χ0) is 15.5. The first kappa shape index (κ1) is 16.4. The molecule has 3 nitrogen and oxygen atoms in total. The van der Waals surface area contributed by atoms with Gasteiger partial charge in [-0.15, -0.1) is 0 Å². The topological polar surface area (TPSA) is 49.3 Å². The van der Waals surface area contributed by atoms with Crippen LogP contribution >= 0.6 is 0 Å². The van der Waals surface area contributed by atoms with Crippen LogP contribution in [0.25, 0.3) is 5.70 Å². The second-order valence-electron chi connectivity index (χ2n) is 5.89. The van der Waals surface area contributed by atoms with Crippen molar-refractivity contribution >= 4 is 11.5 Å². The maximum absolute atomic E-state index is 11.9. The SMILES string of the molecule is CN/C(=C(\C(C)=O)C(C)C)c1cccc(C(C)(C)O)c1. The molecular formula is C17H25NO2. The molecule has 0 unspecified atom stereocenters. The Morgan fingerprint density at radius 2 is 1.90 bits per heavy atom. The number of nitrogens with one attached hydrogen (secondary N) is 1. The van der Waals surface area contributed by atoms with E-state index >= 15 is 0 Å². The first-order valence-electron chi connectivity index (χ1n) is 6.94. The summed E-state index contributed by atoms with van der Waals surface area (Å²) in [6, 6.07) is 7.67. The predicted octanol–water partition coefficient (Wildman–Crippen LogP) is 3.09. The second-order valence-corrected chi connectivity index (χ2v) is 5.89. The number of hydrogen-bond donors (Lipinski definition) is 2. The minimum atomic E-state index is -0.900. The molecule has 0 aliphatic rings. The molecule has 0 aliphatic heterocycles. The zero-order valence-electron chi connectivity index (χ0n) is 13.2. The van der Waals surface area contributed by atoms with Crippen molar-refractivity contribution in [2.24, 2.45) is 5.92 Å². The Balaban J connectivity index is 3.46. The van der Waals surface area contributed by atoms with E-state index in [9.17, 15) is 9.90 Å². The molecule has 0 heterocycles. The number of benzene rings is 1.